The fourth-order valence-corrected chi connectivity index (χ4v) is 3.32. The minimum Gasteiger partial charge on any atom is -0.467 e. The quantitative estimate of drug-likeness (QED) is 0.854. The molecule has 9 heteroatoms. The van der Waals surface area contributed by atoms with Crippen LogP contribution in [0.3, 0.4) is 0 Å². The Kier molecular flexibility index (Phi) is 5.77. The lowest BCUT2D eigenvalue weighted by Gasteiger charge is -2.31. The Balaban J connectivity index is 1.46. The van der Waals surface area contributed by atoms with Gasteiger partial charge in [-0.05, 0) is 31.0 Å². The minimum absolute atomic E-state index is 0.0731. The van der Waals surface area contributed by atoms with Crippen molar-refractivity contribution >= 4 is 22.9 Å². The summed E-state index contributed by atoms with van der Waals surface area (Å²) in [4.78, 5) is 18.2. The van der Waals surface area contributed by atoms with Crippen LogP contribution in [0.25, 0.3) is 0 Å². The first-order valence-corrected chi connectivity index (χ1v) is 9.04. The van der Waals surface area contributed by atoms with Crippen molar-refractivity contribution in [1.82, 2.24) is 9.88 Å². The number of piperidine rings is 1. The molecule has 1 aliphatic heterocycles. The van der Waals surface area contributed by atoms with E-state index in [0.717, 1.165) is 25.0 Å². The molecule has 0 radical (unpaired) electrons. The van der Waals surface area contributed by atoms with Gasteiger partial charge in [-0.15, -0.1) is 0 Å². The van der Waals surface area contributed by atoms with Gasteiger partial charge in [-0.25, -0.2) is 4.98 Å². The van der Waals surface area contributed by atoms with E-state index in [9.17, 15) is 18.0 Å². The van der Waals surface area contributed by atoms with Crippen molar-refractivity contribution in [3.05, 3.63) is 41.4 Å². The van der Waals surface area contributed by atoms with Crippen LogP contribution >= 0.6 is 11.3 Å². The number of nitrogens with one attached hydrogen (secondary N) is 1. The Morgan fingerprint density at radius 1 is 1.35 bits per heavy atom. The standard InChI is InChI=1S/C17H18F3N3O2S/c18-17(19,20)12-2-1-3-13(10-12)22-15(24)11-23-7-4-14(5-8-23)25-16-21-6-9-26-16/h1-3,6,9-10,14H,4-5,7-8,11H2,(H,22,24). The average Bonchev–Trinajstić information content (AvgIpc) is 3.09. The largest absolute Gasteiger partial charge is 0.467 e. The number of hydrogen-bond acceptors (Lipinski definition) is 5. The molecule has 1 saturated heterocycles. The molecule has 0 aliphatic carbocycles. The molecule has 0 spiro atoms. The van der Waals surface area contributed by atoms with E-state index in [1.807, 2.05) is 10.3 Å². The molecular weight excluding hydrogens is 367 g/mol. The molecule has 2 aromatic rings. The number of rotatable bonds is 5. The van der Waals surface area contributed by atoms with Crippen molar-refractivity contribution in [1.29, 1.82) is 0 Å². The van der Waals surface area contributed by atoms with Gasteiger partial charge in [0.1, 0.15) is 6.10 Å². The van der Waals surface area contributed by atoms with Crippen LogP contribution in [0.1, 0.15) is 18.4 Å². The molecule has 26 heavy (non-hydrogen) atoms. The van der Waals surface area contributed by atoms with Gasteiger partial charge >= 0.3 is 6.18 Å². The number of halogens is 3. The molecule has 3 rings (SSSR count). The van der Waals surface area contributed by atoms with Gasteiger partial charge in [-0.2, -0.15) is 13.2 Å². The molecule has 1 aliphatic rings. The van der Waals surface area contributed by atoms with Crippen LogP contribution in [0.15, 0.2) is 35.8 Å². The molecule has 2 heterocycles. The smallest absolute Gasteiger partial charge is 0.416 e. The number of thiazole rings is 1. The summed E-state index contributed by atoms with van der Waals surface area (Å²) in [5.74, 6) is -0.330. The predicted molar refractivity (Wildman–Crippen MR) is 92.3 cm³/mol. The fraction of sp³-hybridized carbons (Fsp3) is 0.412. The molecule has 0 unspecified atom stereocenters. The minimum atomic E-state index is -4.43. The zero-order valence-electron chi connectivity index (χ0n) is 13.8. The van der Waals surface area contributed by atoms with Crippen molar-refractivity contribution in [2.45, 2.75) is 25.1 Å². The van der Waals surface area contributed by atoms with E-state index in [4.69, 9.17) is 4.74 Å². The molecule has 1 aromatic carbocycles. The third-order valence-electron chi connectivity index (χ3n) is 4.05. The van der Waals surface area contributed by atoms with Crippen molar-refractivity contribution in [2.24, 2.45) is 0 Å². The molecule has 1 N–H and O–H groups in total. The third-order valence-corrected chi connectivity index (χ3v) is 4.71. The monoisotopic (exact) mass is 385 g/mol. The fourth-order valence-electron chi connectivity index (χ4n) is 2.77. The van der Waals surface area contributed by atoms with Crippen LogP contribution in [-0.2, 0) is 11.0 Å². The van der Waals surface area contributed by atoms with Gasteiger partial charge in [0.25, 0.3) is 5.19 Å². The topological polar surface area (TPSA) is 54.5 Å². The first-order valence-electron chi connectivity index (χ1n) is 8.16. The number of likely N-dealkylation sites (tertiary alicyclic amines) is 1. The van der Waals surface area contributed by atoms with Crippen LogP contribution in [-0.4, -0.2) is 41.5 Å². The Morgan fingerprint density at radius 2 is 2.12 bits per heavy atom. The van der Waals surface area contributed by atoms with Gasteiger partial charge in [0.15, 0.2) is 0 Å². The number of benzene rings is 1. The molecule has 140 valence electrons. The summed E-state index contributed by atoms with van der Waals surface area (Å²) in [6, 6.07) is 4.63. The molecule has 5 nitrogen and oxygen atoms in total. The van der Waals surface area contributed by atoms with E-state index >= 15 is 0 Å². The Hall–Kier alpha value is -2.13. The van der Waals surface area contributed by atoms with Crippen molar-refractivity contribution < 1.29 is 22.7 Å². The van der Waals surface area contributed by atoms with Crippen LogP contribution in [0.4, 0.5) is 18.9 Å². The lowest BCUT2D eigenvalue weighted by atomic mass is 10.1. The number of amides is 1. The van der Waals surface area contributed by atoms with Crippen LogP contribution in [0, 0.1) is 0 Å². The van der Waals surface area contributed by atoms with E-state index in [-0.39, 0.29) is 24.2 Å². The number of carbonyl (C=O) groups is 1. The van der Waals surface area contributed by atoms with Gasteiger partial charge < -0.3 is 10.1 Å². The molecule has 0 atom stereocenters. The molecule has 0 bridgehead atoms. The second-order valence-electron chi connectivity index (χ2n) is 6.02. The molecule has 0 saturated carbocycles. The maximum absolute atomic E-state index is 12.7. The number of alkyl halides is 3. The summed E-state index contributed by atoms with van der Waals surface area (Å²) in [6.45, 7) is 1.51. The van der Waals surface area contributed by atoms with Crippen LogP contribution in [0.2, 0.25) is 0 Å². The van der Waals surface area contributed by atoms with Crippen LogP contribution in [0.5, 0.6) is 5.19 Å². The van der Waals surface area contributed by atoms with Crippen molar-refractivity contribution in [3.8, 4) is 5.19 Å². The van der Waals surface area contributed by atoms with Gasteiger partial charge in [0.05, 0.1) is 12.1 Å². The highest BCUT2D eigenvalue weighted by Crippen LogP contribution is 2.30. The summed E-state index contributed by atoms with van der Waals surface area (Å²) >= 11 is 1.44. The van der Waals surface area contributed by atoms with E-state index in [1.165, 1.54) is 23.5 Å². The second kappa shape index (κ2) is 8.05. The van der Waals surface area contributed by atoms with E-state index < -0.39 is 11.7 Å². The number of hydrogen-bond donors (Lipinski definition) is 1. The number of carbonyl (C=O) groups excluding carboxylic acids is 1. The van der Waals surface area contributed by atoms with Gasteiger partial charge in [-0.3, -0.25) is 9.69 Å². The maximum atomic E-state index is 12.7. The van der Waals surface area contributed by atoms with Gasteiger partial charge in [-0.1, -0.05) is 17.4 Å². The maximum Gasteiger partial charge on any atom is 0.416 e. The summed E-state index contributed by atoms with van der Waals surface area (Å²) in [5.41, 5.74) is -0.637. The average molecular weight is 385 g/mol. The highest BCUT2D eigenvalue weighted by atomic mass is 32.1. The predicted octanol–water partition coefficient (Wildman–Crippen LogP) is 3.64. The van der Waals surface area contributed by atoms with Crippen LogP contribution < -0.4 is 10.1 Å². The first-order chi connectivity index (χ1) is 12.4. The summed E-state index contributed by atoms with van der Waals surface area (Å²) in [7, 11) is 0. The molecule has 1 amide bonds. The molecule has 1 aromatic heterocycles. The van der Waals surface area contributed by atoms with Crippen molar-refractivity contribution in [2.75, 3.05) is 25.0 Å². The lowest BCUT2D eigenvalue weighted by Crippen LogP contribution is -2.42. The number of nitrogens with zero attached hydrogens (tertiary/aromatic N) is 2. The number of aromatic nitrogens is 1. The first kappa shape index (κ1) is 18.7. The van der Waals surface area contributed by atoms with E-state index in [1.54, 1.807) is 6.20 Å². The highest BCUT2D eigenvalue weighted by Gasteiger charge is 2.30. The zero-order valence-corrected chi connectivity index (χ0v) is 14.6. The second-order valence-corrected chi connectivity index (χ2v) is 6.88. The SMILES string of the molecule is O=C(CN1CCC(Oc2nccs2)CC1)Nc1cccc(C(F)(F)F)c1. The summed E-state index contributed by atoms with van der Waals surface area (Å²) in [6.07, 6.45) is -1.12. The van der Waals surface area contributed by atoms with Gasteiger partial charge in [0.2, 0.25) is 5.91 Å². The normalized spacial score (nSPS) is 16.4. The third kappa shape index (κ3) is 5.18. The van der Waals surface area contributed by atoms with E-state index in [0.29, 0.717) is 18.3 Å². The Bertz CT molecular complexity index is 729. The summed E-state index contributed by atoms with van der Waals surface area (Å²) in [5, 5.41) is 5.02. The van der Waals surface area contributed by atoms with Crippen molar-refractivity contribution in [3.63, 3.8) is 0 Å². The Labute approximate surface area is 152 Å². The lowest BCUT2D eigenvalue weighted by molar-refractivity contribution is -0.137. The van der Waals surface area contributed by atoms with E-state index in [2.05, 4.69) is 10.3 Å². The Morgan fingerprint density at radius 3 is 2.77 bits per heavy atom. The highest BCUT2D eigenvalue weighted by molar-refractivity contribution is 7.11. The molecule has 1 fully saturated rings. The number of ether oxygens (including phenoxy) is 1. The number of anilines is 1. The zero-order chi connectivity index (χ0) is 18.6. The van der Waals surface area contributed by atoms with Gasteiger partial charge in [0, 0.05) is 30.4 Å². The summed E-state index contributed by atoms with van der Waals surface area (Å²) < 4.78 is 43.9. The molecular formula is C17H18F3N3O2S.